The molecule has 1 saturated heterocycles. The first-order valence-electron chi connectivity index (χ1n) is 10.3. The number of carbonyl (C=O) groups is 1. The average molecular weight is 460 g/mol. The molecule has 3 heterocycles. The van der Waals surface area contributed by atoms with Crippen LogP contribution in [0.2, 0.25) is 0 Å². The number of halogens is 4. The van der Waals surface area contributed by atoms with Crippen LogP contribution in [-0.2, 0) is 6.18 Å². The predicted octanol–water partition coefficient (Wildman–Crippen LogP) is 4.69. The number of likely N-dealkylation sites (tertiary alicyclic amines) is 1. The Bertz CT molecular complexity index is 1150. The Hall–Kier alpha value is -3.56. The molecule has 2 aromatic heterocycles. The minimum atomic E-state index is -4.48. The van der Waals surface area contributed by atoms with Crippen molar-refractivity contribution in [2.75, 3.05) is 13.1 Å². The van der Waals surface area contributed by atoms with Crippen LogP contribution in [0.3, 0.4) is 0 Å². The number of alkyl halides is 3. The molecule has 3 aromatic rings. The second kappa shape index (κ2) is 9.13. The quantitative estimate of drug-likeness (QED) is 0.529. The summed E-state index contributed by atoms with van der Waals surface area (Å²) in [5, 5.41) is 0. The predicted molar refractivity (Wildman–Crippen MR) is 111 cm³/mol. The lowest BCUT2D eigenvalue weighted by Crippen LogP contribution is -2.44. The van der Waals surface area contributed by atoms with Crippen molar-refractivity contribution in [3.05, 3.63) is 71.4 Å². The number of rotatable bonds is 4. The topological polar surface area (TPSA) is 68.2 Å². The summed E-state index contributed by atoms with van der Waals surface area (Å²) in [5.74, 6) is -0.494. The summed E-state index contributed by atoms with van der Waals surface area (Å²) in [5.41, 5.74) is 0.277. The summed E-state index contributed by atoms with van der Waals surface area (Å²) < 4.78 is 57.7. The number of aromatic nitrogens is 3. The van der Waals surface area contributed by atoms with E-state index in [0.717, 1.165) is 24.7 Å². The minimum Gasteiger partial charge on any atom is -0.472 e. The SMILES string of the molecule is Cc1cc(C(F)(F)F)cnc1OC1CCCN(C(=O)c2ccccc2-c2ncc(F)cn2)C1. The molecule has 1 atom stereocenters. The minimum absolute atomic E-state index is 0.113. The van der Waals surface area contributed by atoms with Gasteiger partial charge in [-0.3, -0.25) is 4.79 Å². The first-order chi connectivity index (χ1) is 15.7. The molecular formula is C23H20F4N4O2. The number of ether oxygens (including phenoxy) is 1. The molecule has 0 radical (unpaired) electrons. The van der Waals surface area contributed by atoms with Gasteiger partial charge in [0.15, 0.2) is 11.6 Å². The molecule has 33 heavy (non-hydrogen) atoms. The van der Waals surface area contributed by atoms with Gasteiger partial charge in [0, 0.05) is 23.9 Å². The fourth-order valence-electron chi connectivity index (χ4n) is 3.70. The van der Waals surface area contributed by atoms with E-state index in [1.807, 2.05) is 0 Å². The Morgan fingerprint density at radius 2 is 1.85 bits per heavy atom. The fourth-order valence-corrected chi connectivity index (χ4v) is 3.70. The average Bonchev–Trinajstić information content (AvgIpc) is 2.80. The van der Waals surface area contributed by atoms with Gasteiger partial charge in [0.05, 0.1) is 30.1 Å². The summed E-state index contributed by atoms with van der Waals surface area (Å²) in [6, 6.07) is 7.78. The maximum absolute atomic E-state index is 13.3. The Balaban J connectivity index is 1.51. The number of benzene rings is 1. The van der Waals surface area contributed by atoms with Crippen LogP contribution in [0.25, 0.3) is 11.4 Å². The van der Waals surface area contributed by atoms with Crippen LogP contribution < -0.4 is 4.74 Å². The van der Waals surface area contributed by atoms with Crippen molar-refractivity contribution in [3.8, 4) is 17.3 Å². The molecule has 172 valence electrons. The molecular weight excluding hydrogens is 440 g/mol. The molecule has 0 spiro atoms. The van der Waals surface area contributed by atoms with E-state index >= 15 is 0 Å². The van der Waals surface area contributed by atoms with Crippen molar-refractivity contribution >= 4 is 5.91 Å². The van der Waals surface area contributed by atoms with E-state index in [2.05, 4.69) is 15.0 Å². The second-order valence-corrected chi connectivity index (χ2v) is 7.75. The molecule has 0 N–H and O–H groups in total. The highest BCUT2D eigenvalue weighted by molar-refractivity contribution is 6.00. The Kier molecular flexibility index (Phi) is 6.26. The zero-order valence-corrected chi connectivity index (χ0v) is 17.6. The molecule has 1 fully saturated rings. The molecule has 0 bridgehead atoms. The molecule has 1 aliphatic rings. The molecule has 4 rings (SSSR count). The van der Waals surface area contributed by atoms with Crippen LogP contribution in [0, 0.1) is 12.7 Å². The van der Waals surface area contributed by atoms with Gasteiger partial charge in [-0.15, -0.1) is 0 Å². The van der Waals surface area contributed by atoms with E-state index in [0.29, 0.717) is 30.5 Å². The summed E-state index contributed by atoms with van der Waals surface area (Å²) in [4.78, 5) is 26.7. The number of carbonyl (C=O) groups excluding carboxylic acids is 1. The third kappa shape index (κ3) is 5.10. The van der Waals surface area contributed by atoms with Crippen LogP contribution >= 0.6 is 0 Å². The summed E-state index contributed by atoms with van der Waals surface area (Å²) in [7, 11) is 0. The van der Waals surface area contributed by atoms with Crippen molar-refractivity contribution < 1.29 is 27.1 Å². The van der Waals surface area contributed by atoms with Gasteiger partial charge in [-0.1, -0.05) is 18.2 Å². The third-order valence-corrected chi connectivity index (χ3v) is 5.32. The number of hydrogen-bond acceptors (Lipinski definition) is 5. The maximum atomic E-state index is 13.3. The summed E-state index contributed by atoms with van der Waals surface area (Å²) in [6.07, 6.45) is -0.791. The van der Waals surface area contributed by atoms with E-state index in [1.54, 1.807) is 29.2 Å². The van der Waals surface area contributed by atoms with Gasteiger partial charge in [-0.05, 0) is 31.9 Å². The number of aryl methyl sites for hydroxylation is 1. The lowest BCUT2D eigenvalue weighted by molar-refractivity contribution is -0.137. The van der Waals surface area contributed by atoms with Gasteiger partial charge in [0.2, 0.25) is 5.88 Å². The van der Waals surface area contributed by atoms with Crippen LogP contribution in [0.5, 0.6) is 5.88 Å². The molecule has 1 aromatic carbocycles. The van der Waals surface area contributed by atoms with Crippen molar-refractivity contribution in [2.45, 2.75) is 32.0 Å². The number of nitrogens with zero attached hydrogens (tertiary/aromatic N) is 4. The molecule has 0 saturated carbocycles. The normalized spacial score (nSPS) is 16.5. The molecule has 0 aliphatic carbocycles. The summed E-state index contributed by atoms with van der Waals surface area (Å²) >= 11 is 0. The van der Waals surface area contributed by atoms with Crippen LogP contribution in [-0.4, -0.2) is 45.0 Å². The monoisotopic (exact) mass is 460 g/mol. The third-order valence-electron chi connectivity index (χ3n) is 5.32. The first-order valence-corrected chi connectivity index (χ1v) is 10.3. The molecule has 10 heteroatoms. The number of piperidine rings is 1. The number of pyridine rings is 1. The van der Waals surface area contributed by atoms with E-state index in [9.17, 15) is 22.4 Å². The Morgan fingerprint density at radius 1 is 1.12 bits per heavy atom. The first kappa shape index (κ1) is 22.6. The second-order valence-electron chi connectivity index (χ2n) is 7.75. The Labute approximate surface area is 187 Å². The van der Waals surface area contributed by atoms with Crippen LogP contribution in [0.1, 0.15) is 34.3 Å². The van der Waals surface area contributed by atoms with E-state index in [1.165, 1.54) is 6.92 Å². The Morgan fingerprint density at radius 3 is 2.55 bits per heavy atom. The largest absolute Gasteiger partial charge is 0.472 e. The van der Waals surface area contributed by atoms with Crippen molar-refractivity contribution in [1.82, 2.24) is 19.9 Å². The van der Waals surface area contributed by atoms with Crippen LogP contribution in [0.15, 0.2) is 48.9 Å². The van der Waals surface area contributed by atoms with E-state index < -0.39 is 23.7 Å². The van der Waals surface area contributed by atoms with Crippen molar-refractivity contribution in [1.29, 1.82) is 0 Å². The zero-order valence-electron chi connectivity index (χ0n) is 17.6. The molecule has 1 aliphatic heterocycles. The highest BCUT2D eigenvalue weighted by atomic mass is 19.4. The van der Waals surface area contributed by atoms with Crippen LogP contribution in [0.4, 0.5) is 17.6 Å². The van der Waals surface area contributed by atoms with Crippen molar-refractivity contribution in [3.63, 3.8) is 0 Å². The van der Waals surface area contributed by atoms with Gasteiger partial charge < -0.3 is 9.64 Å². The lowest BCUT2D eigenvalue weighted by atomic mass is 10.0. The highest BCUT2D eigenvalue weighted by Crippen LogP contribution is 2.31. The maximum Gasteiger partial charge on any atom is 0.417 e. The standard InChI is InChI=1S/C23H20F4N4O2/c1-14-9-15(23(25,26)27)10-30-21(14)33-17-5-4-8-31(13-17)22(32)19-7-3-2-6-18(19)20-28-11-16(24)12-29-20/h2-3,6-7,9-12,17H,4-5,8,13H2,1H3. The fraction of sp³-hybridized carbons (Fsp3) is 0.304. The molecule has 6 nitrogen and oxygen atoms in total. The van der Waals surface area contributed by atoms with E-state index in [4.69, 9.17) is 4.74 Å². The van der Waals surface area contributed by atoms with Gasteiger partial charge in [-0.2, -0.15) is 13.2 Å². The van der Waals surface area contributed by atoms with E-state index in [-0.39, 0.29) is 29.7 Å². The van der Waals surface area contributed by atoms with Crippen molar-refractivity contribution in [2.24, 2.45) is 0 Å². The number of hydrogen-bond donors (Lipinski definition) is 0. The highest BCUT2D eigenvalue weighted by Gasteiger charge is 2.32. The van der Waals surface area contributed by atoms with Gasteiger partial charge in [0.25, 0.3) is 5.91 Å². The van der Waals surface area contributed by atoms with Gasteiger partial charge >= 0.3 is 6.18 Å². The molecule has 1 unspecified atom stereocenters. The van der Waals surface area contributed by atoms with Gasteiger partial charge in [-0.25, -0.2) is 19.3 Å². The number of amides is 1. The summed E-state index contributed by atoms with van der Waals surface area (Å²) in [6.45, 7) is 2.25. The molecule has 1 amide bonds. The lowest BCUT2D eigenvalue weighted by Gasteiger charge is -2.33. The van der Waals surface area contributed by atoms with Gasteiger partial charge in [0.1, 0.15) is 6.10 Å². The zero-order chi connectivity index (χ0) is 23.6. The smallest absolute Gasteiger partial charge is 0.417 e.